The van der Waals surface area contributed by atoms with E-state index in [0.29, 0.717) is 6.42 Å². The third-order valence-electron chi connectivity index (χ3n) is 2.11. The molecule has 0 aliphatic carbocycles. The van der Waals surface area contributed by atoms with Crippen LogP contribution in [0.15, 0.2) is 30.3 Å². The summed E-state index contributed by atoms with van der Waals surface area (Å²) in [5.74, 6) is -0.922. The summed E-state index contributed by atoms with van der Waals surface area (Å²) in [6, 6.07) is 8.48. The molecule has 2 unspecified atom stereocenters. The lowest BCUT2D eigenvalue weighted by molar-refractivity contribution is -0.119. The molecule has 2 amide bonds. The van der Waals surface area contributed by atoms with Crippen molar-refractivity contribution < 1.29 is 9.59 Å². The first-order valence-corrected chi connectivity index (χ1v) is 5.48. The second-order valence-corrected chi connectivity index (χ2v) is 3.89. The second kappa shape index (κ2) is 8.21. The molecule has 100 valence electrons. The Balaban J connectivity index is 0.000000411. The molecule has 0 heterocycles. The molecular formula is C12H20N4O2. The molecule has 0 bridgehead atoms. The molecule has 0 aliphatic rings. The van der Waals surface area contributed by atoms with Gasteiger partial charge in [0.2, 0.25) is 11.8 Å². The van der Waals surface area contributed by atoms with Gasteiger partial charge < -0.3 is 22.9 Å². The molecule has 0 aliphatic heterocycles. The van der Waals surface area contributed by atoms with Crippen LogP contribution in [0.2, 0.25) is 0 Å². The zero-order valence-electron chi connectivity index (χ0n) is 10.4. The molecule has 18 heavy (non-hydrogen) atoms. The quantitative estimate of drug-likeness (QED) is 0.538. The zero-order valence-corrected chi connectivity index (χ0v) is 10.4. The Bertz CT molecular complexity index is 379. The van der Waals surface area contributed by atoms with Crippen LogP contribution >= 0.6 is 0 Å². The largest absolute Gasteiger partial charge is 0.368 e. The second-order valence-electron chi connectivity index (χ2n) is 3.89. The van der Waals surface area contributed by atoms with E-state index >= 15 is 0 Å². The Morgan fingerprint density at radius 1 is 1.06 bits per heavy atom. The normalized spacial score (nSPS) is 12.8. The van der Waals surface area contributed by atoms with Gasteiger partial charge in [-0.2, -0.15) is 0 Å². The summed E-state index contributed by atoms with van der Waals surface area (Å²) >= 11 is 0. The molecule has 0 radical (unpaired) electrons. The maximum atomic E-state index is 10.6. The highest BCUT2D eigenvalue weighted by atomic mass is 16.1. The predicted octanol–water partition coefficient (Wildman–Crippen LogP) is -1.14. The molecule has 0 saturated heterocycles. The number of benzene rings is 1. The van der Waals surface area contributed by atoms with E-state index in [2.05, 4.69) is 5.73 Å². The average Bonchev–Trinajstić information content (AvgIpc) is 2.30. The van der Waals surface area contributed by atoms with E-state index in [1.54, 1.807) is 6.92 Å². The molecule has 2 atom stereocenters. The van der Waals surface area contributed by atoms with Gasteiger partial charge in [-0.1, -0.05) is 30.3 Å². The van der Waals surface area contributed by atoms with Gasteiger partial charge in [0.25, 0.3) is 0 Å². The molecule has 0 aromatic heterocycles. The molecule has 0 saturated carbocycles. The lowest BCUT2D eigenvalue weighted by atomic mass is 10.1. The third-order valence-corrected chi connectivity index (χ3v) is 2.11. The highest BCUT2D eigenvalue weighted by molar-refractivity contribution is 5.79. The van der Waals surface area contributed by atoms with Crippen molar-refractivity contribution in [1.82, 2.24) is 0 Å². The Kier molecular flexibility index (Phi) is 7.34. The minimum atomic E-state index is -0.576. The van der Waals surface area contributed by atoms with Crippen LogP contribution in [0.25, 0.3) is 0 Å². The van der Waals surface area contributed by atoms with Crippen molar-refractivity contribution >= 4 is 11.8 Å². The molecule has 1 rings (SSSR count). The first-order chi connectivity index (χ1) is 8.34. The lowest BCUT2D eigenvalue weighted by Gasteiger charge is -2.06. The van der Waals surface area contributed by atoms with E-state index in [9.17, 15) is 9.59 Å². The Labute approximate surface area is 106 Å². The van der Waals surface area contributed by atoms with Crippen molar-refractivity contribution in [3.63, 3.8) is 0 Å². The topological polar surface area (TPSA) is 138 Å². The van der Waals surface area contributed by atoms with Crippen molar-refractivity contribution in [2.24, 2.45) is 22.9 Å². The van der Waals surface area contributed by atoms with Gasteiger partial charge in [0.05, 0.1) is 12.1 Å². The number of carbonyl (C=O) groups excluding carboxylic acids is 2. The van der Waals surface area contributed by atoms with E-state index in [1.807, 2.05) is 30.3 Å². The van der Waals surface area contributed by atoms with Crippen molar-refractivity contribution in [2.45, 2.75) is 25.4 Å². The predicted molar refractivity (Wildman–Crippen MR) is 70.2 cm³/mol. The van der Waals surface area contributed by atoms with Gasteiger partial charge in [-0.15, -0.1) is 0 Å². The van der Waals surface area contributed by atoms with Gasteiger partial charge >= 0.3 is 0 Å². The summed E-state index contributed by atoms with van der Waals surface area (Å²) in [6.45, 7) is 1.54. The summed E-state index contributed by atoms with van der Waals surface area (Å²) in [5, 5.41) is 0. The van der Waals surface area contributed by atoms with Crippen LogP contribution in [0.4, 0.5) is 0 Å². The van der Waals surface area contributed by atoms with Crippen molar-refractivity contribution in [3.05, 3.63) is 35.9 Å². The van der Waals surface area contributed by atoms with Gasteiger partial charge in [-0.05, 0) is 18.9 Å². The van der Waals surface area contributed by atoms with Gasteiger partial charge in [0.1, 0.15) is 0 Å². The third kappa shape index (κ3) is 7.37. The molecule has 1 aromatic rings. The molecule has 6 nitrogen and oxygen atoms in total. The van der Waals surface area contributed by atoms with Crippen LogP contribution in [-0.2, 0) is 16.0 Å². The summed E-state index contributed by atoms with van der Waals surface area (Å²) < 4.78 is 0. The van der Waals surface area contributed by atoms with Gasteiger partial charge in [0.15, 0.2) is 0 Å². The fourth-order valence-corrected chi connectivity index (χ4v) is 0.969. The number of hydrogen-bond donors (Lipinski definition) is 4. The fourth-order valence-electron chi connectivity index (χ4n) is 0.969. The smallest absolute Gasteiger partial charge is 0.234 e. The highest BCUT2D eigenvalue weighted by Gasteiger charge is 2.08. The fraction of sp³-hybridized carbons (Fsp3) is 0.333. The van der Waals surface area contributed by atoms with Gasteiger partial charge in [-0.25, -0.2) is 0 Å². The standard InChI is InChI=1S/C9H12N2O.C3H8N2O/c10-8(9(11)12)6-7-4-2-1-3-5-7;1-2(4)3(5)6/h1-5,8H,6,10H2,(H2,11,12);2H,4H2,1H3,(H2,5,6). The SMILES string of the molecule is CC(N)C(N)=O.NC(=O)C(N)Cc1ccccc1. The molecule has 6 heteroatoms. The summed E-state index contributed by atoms with van der Waals surface area (Å²) in [4.78, 5) is 20.4. The van der Waals surface area contributed by atoms with Crippen LogP contribution in [0, 0.1) is 0 Å². The van der Waals surface area contributed by atoms with E-state index in [4.69, 9.17) is 17.2 Å². The van der Waals surface area contributed by atoms with Crippen LogP contribution in [0.5, 0.6) is 0 Å². The summed E-state index contributed by atoms with van der Waals surface area (Å²) in [5.41, 5.74) is 21.2. The van der Waals surface area contributed by atoms with Crippen LogP contribution in [0.1, 0.15) is 12.5 Å². The Morgan fingerprint density at radius 2 is 1.50 bits per heavy atom. The summed E-state index contributed by atoms with van der Waals surface area (Å²) in [7, 11) is 0. The molecule has 0 spiro atoms. The molecule has 8 N–H and O–H groups in total. The van der Waals surface area contributed by atoms with Crippen LogP contribution in [-0.4, -0.2) is 23.9 Å². The maximum Gasteiger partial charge on any atom is 0.234 e. The zero-order chi connectivity index (χ0) is 14.1. The highest BCUT2D eigenvalue weighted by Crippen LogP contribution is 2.00. The average molecular weight is 252 g/mol. The van der Waals surface area contributed by atoms with Crippen molar-refractivity contribution in [3.8, 4) is 0 Å². The van der Waals surface area contributed by atoms with E-state index < -0.39 is 23.9 Å². The number of primary amides is 2. The van der Waals surface area contributed by atoms with Crippen LogP contribution in [0.3, 0.4) is 0 Å². The molecule has 1 aromatic carbocycles. The van der Waals surface area contributed by atoms with Crippen molar-refractivity contribution in [1.29, 1.82) is 0 Å². The number of hydrogen-bond acceptors (Lipinski definition) is 4. The van der Waals surface area contributed by atoms with E-state index in [1.165, 1.54) is 0 Å². The number of amides is 2. The maximum absolute atomic E-state index is 10.6. The van der Waals surface area contributed by atoms with Gasteiger partial charge in [0, 0.05) is 0 Å². The van der Waals surface area contributed by atoms with E-state index in [0.717, 1.165) is 5.56 Å². The lowest BCUT2D eigenvalue weighted by Crippen LogP contribution is -2.38. The monoisotopic (exact) mass is 252 g/mol. The molecular weight excluding hydrogens is 232 g/mol. The Morgan fingerprint density at radius 3 is 1.83 bits per heavy atom. The number of nitrogens with two attached hydrogens (primary N) is 4. The minimum Gasteiger partial charge on any atom is -0.368 e. The Hall–Kier alpha value is -1.92. The van der Waals surface area contributed by atoms with Crippen molar-refractivity contribution in [2.75, 3.05) is 0 Å². The first kappa shape index (κ1) is 16.1. The number of carbonyl (C=O) groups is 2. The first-order valence-electron chi connectivity index (χ1n) is 5.48. The van der Waals surface area contributed by atoms with Crippen LogP contribution < -0.4 is 22.9 Å². The van der Waals surface area contributed by atoms with Gasteiger partial charge in [-0.3, -0.25) is 9.59 Å². The minimum absolute atomic E-state index is 0.459. The number of rotatable bonds is 4. The molecule has 0 fully saturated rings. The summed E-state index contributed by atoms with van der Waals surface area (Å²) in [6.07, 6.45) is 0.510. The van der Waals surface area contributed by atoms with E-state index in [-0.39, 0.29) is 0 Å².